The zero-order valence-corrected chi connectivity index (χ0v) is 15.6. The Kier molecular flexibility index (Phi) is 6.71. The normalized spacial score (nSPS) is 11.3. The Morgan fingerprint density at radius 3 is 1.81 bits per heavy atom. The van der Waals surface area contributed by atoms with Gasteiger partial charge in [-0.15, -0.1) is 28.4 Å². The Labute approximate surface area is 142 Å². The molecule has 0 saturated carbocycles. The first kappa shape index (κ1) is 16.5. The fraction of sp³-hybridized carbons (Fsp3) is 0.263. The second-order valence-corrected chi connectivity index (χ2v) is 14.2. The molecule has 0 unspecified atom stereocenters. The third kappa shape index (κ3) is 4.55. The number of rotatable bonds is 8. The molecule has 0 saturated heterocycles. The molecule has 2 rings (SSSR count). The van der Waals surface area contributed by atoms with Crippen LogP contribution in [0.5, 0.6) is 0 Å². The summed E-state index contributed by atoms with van der Waals surface area (Å²) in [6, 6.07) is 23.5. The van der Waals surface area contributed by atoms with Crippen molar-refractivity contribution in [2.24, 2.45) is 0 Å². The first-order chi connectivity index (χ1) is 10.3. The van der Waals surface area contributed by atoms with E-state index in [1.54, 1.807) is 10.4 Å². The van der Waals surface area contributed by atoms with Crippen molar-refractivity contribution >= 4 is 37.7 Å². The van der Waals surface area contributed by atoms with E-state index in [2.05, 4.69) is 89.0 Å². The molecule has 0 heterocycles. The number of hydrogen-bond donors (Lipinski definition) is 0. The van der Waals surface area contributed by atoms with Gasteiger partial charge in [0.05, 0.1) is 0 Å². The molecule has 0 aliphatic rings. The summed E-state index contributed by atoms with van der Waals surface area (Å²) in [7, 11) is 0. The van der Waals surface area contributed by atoms with Gasteiger partial charge in [-0.05, 0) is 29.3 Å². The lowest BCUT2D eigenvalue weighted by molar-refractivity contribution is 0.727. The van der Waals surface area contributed by atoms with E-state index < -0.39 is 5.57 Å². The van der Waals surface area contributed by atoms with Crippen LogP contribution in [0.15, 0.2) is 73.3 Å². The number of unbranched alkanes of at least 4 members (excludes halogenated alkanes) is 3. The highest BCUT2D eigenvalue weighted by molar-refractivity contribution is 14.1. The highest BCUT2D eigenvalue weighted by Crippen LogP contribution is 2.22. The van der Waals surface area contributed by atoms with E-state index in [1.807, 2.05) is 6.08 Å². The van der Waals surface area contributed by atoms with Crippen molar-refractivity contribution < 1.29 is 0 Å². The zero-order chi connectivity index (χ0) is 15.0. The highest BCUT2D eigenvalue weighted by atomic mass is 127. The lowest BCUT2D eigenvalue weighted by atomic mass is 10.2. The summed E-state index contributed by atoms with van der Waals surface area (Å²) in [5.74, 6) is 0. The van der Waals surface area contributed by atoms with Crippen LogP contribution in [0.3, 0.4) is 0 Å². The average Bonchev–Trinajstić information content (AvgIpc) is 2.56. The van der Waals surface area contributed by atoms with E-state index >= 15 is 0 Å². The van der Waals surface area contributed by atoms with Crippen molar-refractivity contribution in [1.82, 2.24) is 0 Å². The molecule has 0 amide bonds. The van der Waals surface area contributed by atoms with E-state index in [9.17, 15) is 0 Å². The molecule has 21 heavy (non-hydrogen) atoms. The summed E-state index contributed by atoms with van der Waals surface area (Å²) < 4.78 is 0. The molecule has 2 heteroatoms. The smallest absolute Gasteiger partial charge is 0.106 e. The van der Waals surface area contributed by atoms with Gasteiger partial charge in [0, 0.05) is 0 Å². The Morgan fingerprint density at radius 2 is 1.33 bits per heavy atom. The predicted molar refractivity (Wildman–Crippen MR) is 105 cm³/mol. The molecule has 110 valence electrons. The average molecular weight is 406 g/mol. The zero-order valence-electron chi connectivity index (χ0n) is 12.5. The molecule has 0 aliphatic heterocycles. The monoisotopic (exact) mass is 406 g/mol. The van der Waals surface area contributed by atoms with Gasteiger partial charge in [0.25, 0.3) is 0 Å². The largest absolute Gasteiger partial charge is 0.186 e. The predicted octanol–water partition coefficient (Wildman–Crippen LogP) is 4.93. The fourth-order valence-corrected chi connectivity index (χ4v) is 9.09. The van der Waals surface area contributed by atoms with E-state index in [4.69, 9.17) is 0 Å². The summed E-state index contributed by atoms with van der Waals surface area (Å²) in [6.45, 7) is 3.81. The van der Waals surface area contributed by atoms with Crippen molar-refractivity contribution in [2.45, 2.75) is 31.7 Å². The van der Waals surface area contributed by atoms with E-state index in [0.29, 0.717) is 0 Å². The minimum atomic E-state index is -1.62. The molecule has 0 aromatic heterocycles. The molecule has 0 nitrogen and oxygen atoms in total. The summed E-state index contributed by atoms with van der Waals surface area (Å²) >= 11 is 2.79. The van der Waals surface area contributed by atoms with Gasteiger partial charge in [-0.2, -0.15) is 0 Å². The third-order valence-corrected chi connectivity index (χ3v) is 12.8. The quantitative estimate of drug-likeness (QED) is 0.192. The minimum absolute atomic E-state index is 1.15. The SMILES string of the molecule is C=CCCCCC[Si](I)(c1ccccc1)c1ccccc1. The topological polar surface area (TPSA) is 0 Å². The van der Waals surface area contributed by atoms with Crippen LogP contribution in [0.1, 0.15) is 25.7 Å². The molecule has 2 aromatic rings. The van der Waals surface area contributed by atoms with Crippen molar-refractivity contribution in [3.63, 3.8) is 0 Å². The second kappa shape index (κ2) is 8.54. The fourth-order valence-electron chi connectivity index (χ4n) is 2.69. The molecular formula is C19H23ISi. The summed E-state index contributed by atoms with van der Waals surface area (Å²) in [5.41, 5.74) is -1.62. The second-order valence-electron chi connectivity index (χ2n) is 5.42. The van der Waals surface area contributed by atoms with Crippen LogP contribution in [-0.2, 0) is 0 Å². The maximum Gasteiger partial charge on any atom is 0.186 e. The molecule has 0 fully saturated rings. The first-order valence-electron chi connectivity index (χ1n) is 7.68. The van der Waals surface area contributed by atoms with Gasteiger partial charge < -0.3 is 0 Å². The van der Waals surface area contributed by atoms with Crippen molar-refractivity contribution in [3.05, 3.63) is 73.3 Å². The van der Waals surface area contributed by atoms with Gasteiger partial charge in [0.15, 0.2) is 5.57 Å². The van der Waals surface area contributed by atoms with Gasteiger partial charge >= 0.3 is 0 Å². The van der Waals surface area contributed by atoms with Crippen molar-refractivity contribution in [1.29, 1.82) is 0 Å². The Morgan fingerprint density at radius 1 is 0.810 bits per heavy atom. The number of benzene rings is 2. The standard InChI is InChI=1S/C19H23ISi/c1-2-3-4-5-12-17-21(20,18-13-8-6-9-14-18)19-15-10-7-11-16-19/h2,6-11,13-16H,1,3-5,12,17H2. The molecule has 0 N–H and O–H groups in total. The van der Waals surface area contributed by atoms with Gasteiger partial charge in [-0.1, -0.05) is 79.6 Å². The highest BCUT2D eigenvalue weighted by Gasteiger charge is 2.33. The van der Waals surface area contributed by atoms with Gasteiger partial charge in [0.1, 0.15) is 0 Å². The van der Waals surface area contributed by atoms with Gasteiger partial charge in [-0.25, -0.2) is 0 Å². The molecule has 0 aliphatic carbocycles. The minimum Gasteiger partial charge on any atom is -0.106 e. The van der Waals surface area contributed by atoms with E-state index in [-0.39, 0.29) is 0 Å². The van der Waals surface area contributed by atoms with Gasteiger partial charge in [-0.3, -0.25) is 0 Å². The van der Waals surface area contributed by atoms with Crippen LogP contribution in [0, 0.1) is 0 Å². The molecule has 0 bridgehead atoms. The van der Waals surface area contributed by atoms with Gasteiger partial charge in [0.2, 0.25) is 0 Å². The van der Waals surface area contributed by atoms with E-state index in [1.165, 1.54) is 25.3 Å². The molecule has 0 atom stereocenters. The molecular weight excluding hydrogens is 383 g/mol. The van der Waals surface area contributed by atoms with Crippen LogP contribution in [0.25, 0.3) is 0 Å². The molecule has 0 radical (unpaired) electrons. The first-order valence-corrected chi connectivity index (χ1v) is 13.0. The number of hydrogen-bond acceptors (Lipinski definition) is 0. The summed E-state index contributed by atoms with van der Waals surface area (Å²) in [5, 5.41) is 3.08. The maximum absolute atomic E-state index is 3.81. The lowest BCUT2D eigenvalue weighted by Crippen LogP contribution is -2.52. The summed E-state index contributed by atoms with van der Waals surface area (Å²) in [6.07, 6.45) is 7.07. The number of allylic oxidation sites excluding steroid dienone is 1. The lowest BCUT2D eigenvalue weighted by Gasteiger charge is -2.26. The van der Waals surface area contributed by atoms with E-state index in [0.717, 1.165) is 6.42 Å². The van der Waals surface area contributed by atoms with Crippen LogP contribution in [-0.4, -0.2) is 5.57 Å². The Hall–Kier alpha value is -0.873. The summed E-state index contributed by atoms with van der Waals surface area (Å²) in [4.78, 5) is 0. The van der Waals surface area contributed by atoms with Crippen LogP contribution in [0.2, 0.25) is 6.04 Å². The molecule has 2 aromatic carbocycles. The van der Waals surface area contributed by atoms with Crippen LogP contribution < -0.4 is 10.4 Å². The number of halogens is 1. The van der Waals surface area contributed by atoms with Crippen molar-refractivity contribution in [2.75, 3.05) is 0 Å². The third-order valence-electron chi connectivity index (χ3n) is 3.89. The van der Waals surface area contributed by atoms with Crippen LogP contribution in [0.4, 0.5) is 0 Å². The van der Waals surface area contributed by atoms with Crippen LogP contribution >= 0.6 is 21.8 Å². The Bertz CT molecular complexity index is 497. The van der Waals surface area contributed by atoms with Crippen molar-refractivity contribution in [3.8, 4) is 0 Å². The Balaban J connectivity index is 2.17. The molecule has 0 spiro atoms. The maximum atomic E-state index is 3.81.